The van der Waals surface area contributed by atoms with Gasteiger partial charge in [-0.1, -0.05) is 6.92 Å². The van der Waals surface area contributed by atoms with Gasteiger partial charge in [0, 0.05) is 42.7 Å². The molecule has 0 aromatic carbocycles. The Kier molecular flexibility index (Phi) is 2.42. The van der Waals surface area contributed by atoms with Gasteiger partial charge in [0.15, 0.2) is 11.6 Å². The van der Waals surface area contributed by atoms with Crippen molar-refractivity contribution < 1.29 is 14.3 Å². The quantitative estimate of drug-likeness (QED) is 0.645. The minimum absolute atomic E-state index is 0.0817. The Labute approximate surface area is 101 Å². The smallest absolute Gasteiger partial charge is 0.165 e. The lowest BCUT2D eigenvalue weighted by Gasteiger charge is -2.31. The SMILES string of the molecule is CC1CCC2=C(CC3=C(CCCC3=O)O2)C1=O. The van der Waals surface area contributed by atoms with Gasteiger partial charge in [-0.25, -0.2) is 0 Å². The zero-order valence-corrected chi connectivity index (χ0v) is 10.0. The lowest BCUT2D eigenvalue weighted by Crippen LogP contribution is -2.27. The summed E-state index contributed by atoms with van der Waals surface area (Å²) in [5.41, 5.74) is 1.52. The highest BCUT2D eigenvalue weighted by Gasteiger charge is 2.35. The molecule has 0 N–H and O–H groups in total. The fourth-order valence-corrected chi connectivity index (χ4v) is 2.86. The monoisotopic (exact) mass is 232 g/mol. The van der Waals surface area contributed by atoms with Gasteiger partial charge in [-0.15, -0.1) is 0 Å². The third-order valence-electron chi connectivity index (χ3n) is 3.97. The van der Waals surface area contributed by atoms with Crippen LogP contribution in [0.25, 0.3) is 0 Å². The number of rotatable bonds is 0. The van der Waals surface area contributed by atoms with Crippen molar-refractivity contribution in [3.63, 3.8) is 0 Å². The number of carbonyl (C=O) groups is 2. The number of ether oxygens (including phenoxy) is 1. The van der Waals surface area contributed by atoms with E-state index in [-0.39, 0.29) is 17.5 Å². The van der Waals surface area contributed by atoms with Crippen LogP contribution < -0.4 is 0 Å². The summed E-state index contributed by atoms with van der Waals surface area (Å²) in [6, 6.07) is 0. The number of hydrogen-bond donors (Lipinski definition) is 0. The van der Waals surface area contributed by atoms with Gasteiger partial charge in [-0.05, 0) is 12.8 Å². The molecule has 1 unspecified atom stereocenters. The second-order valence-corrected chi connectivity index (χ2v) is 5.16. The van der Waals surface area contributed by atoms with Crippen molar-refractivity contribution in [2.24, 2.45) is 5.92 Å². The van der Waals surface area contributed by atoms with E-state index in [4.69, 9.17) is 4.74 Å². The molecule has 1 atom stereocenters. The van der Waals surface area contributed by atoms with E-state index in [0.29, 0.717) is 12.8 Å². The Bertz CT molecular complexity index is 468. The van der Waals surface area contributed by atoms with Crippen molar-refractivity contribution in [3.8, 4) is 0 Å². The number of carbonyl (C=O) groups excluding carboxylic acids is 2. The molecular formula is C14H16O3. The van der Waals surface area contributed by atoms with Crippen molar-refractivity contribution >= 4 is 11.6 Å². The molecule has 3 aliphatic rings. The summed E-state index contributed by atoms with van der Waals surface area (Å²) >= 11 is 0. The maximum atomic E-state index is 12.1. The molecule has 0 aromatic rings. The Hall–Kier alpha value is -1.38. The summed E-state index contributed by atoms with van der Waals surface area (Å²) in [4.78, 5) is 23.9. The first-order chi connectivity index (χ1) is 8.16. The molecule has 0 fully saturated rings. The Balaban J connectivity index is 1.94. The van der Waals surface area contributed by atoms with Gasteiger partial charge in [0.2, 0.25) is 0 Å². The normalized spacial score (nSPS) is 28.9. The summed E-state index contributed by atoms with van der Waals surface area (Å²) in [6.45, 7) is 1.96. The lowest BCUT2D eigenvalue weighted by molar-refractivity contribution is -0.120. The molecule has 2 aliphatic carbocycles. The highest BCUT2D eigenvalue weighted by molar-refractivity contribution is 6.03. The molecule has 0 spiro atoms. The molecule has 0 aromatic heterocycles. The Morgan fingerprint density at radius 2 is 1.82 bits per heavy atom. The van der Waals surface area contributed by atoms with Gasteiger partial charge in [0.1, 0.15) is 11.5 Å². The van der Waals surface area contributed by atoms with Gasteiger partial charge in [-0.2, -0.15) is 0 Å². The molecule has 3 rings (SSSR count). The van der Waals surface area contributed by atoms with Crippen LogP contribution in [0.5, 0.6) is 0 Å². The first-order valence-corrected chi connectivity index (χ1v) is 6.36. The van der Waals surface area contributed by atoms with Crippen molar-refractivity contribution in [2.75, 3.05) is 0 Å². The molecule has 90 valence electrons. The zero-order chi connectivity index (χ0) is 12.0. The van der Waals surface area contributed by atoms with E-state index in [0.717, 1.165) is 48.3 Å². The average Bonchev–Trinajstić information content (AvgIpc) is 2.33. The fourth-order valence-electron chi connectivity index (χ4n) is 2.86. The van der Waals surface area contributed by atoms with Crippen molar-refractivity contribution in [1.29, 1.82) is 0 Å². The summed E-state index contributed by atoms with van der Waals surface area (Å²) in [5.74, 6) is 2.10. The summed E-state index contributed by atoms with van der Waals surface area (Å²) < 4.78 is 5.80. The second-order valence-electron chi connectivity index (χ2n) is 5.16. The third kappa shape index (κ3) is 1.65. The number of Topliss-reactive ketones (excluding diaryl/α,β-unsaturated/α-hetero) is 2. The highest BCUT2D eigenvalue weighted by Crippen LogP contribution is 2.40. The Morgan fingerprint density at radius 1 is 1.06 bits per heavy atom. The lowest BCUT2D eigenvalue weighted by atomic mass is 9.80. The van der Waals surface area contributed by atoms with E-state index in [1.54, 1.807) is 0 Å². The predicted octanol–water partition coefficient (Wildman–Crippen LogP) is 2.67. The molecule has 1 aliphatic heterocycles. The molecule has 0 saturated heterocycles. The molecule has 17 heavy (non-hydrogen) atoms. The molecule has 0 amide bonds. The van der Waals surface area contributed by atoms with Gasteiger partial charge in [0.05, 0.1) is 0 Å². The third-order valence-corrected chi connectivity index (χ3v) is 3.97. The molecular weight excluding hydrogens is 216 g/mol. The van der Waals surface area contributed by atoms with Crippen LogP contribution >= 0.6 is 0 Å². The topological polar surface area (TPSA) is 43.4 Å². The molecule has 3 nitrogen and oxygen atoms in total. The Morgan fingerprint density at radius 3 is 2.65 bits per heavy atom. The van der Waals surface area contributed by atoms with Crippen LogP contribution in [0.15, 0.2) is 22.7 Å². The van der Waals surface area contributed by atoms with Crippen molar-refractivity contribution in [1.82, 2.24) is 0 Å². The molecule has 1 heterocycles. The van der Waals surface area contributed by atoms with Gasteiger partial charge in [-0.3, -0.25) is 9.59 Å². The maximum absolute atomic E-state index is 12.1. The van der Waals surface area contributed by atoms with Crippen LogP contribution in [0.2, 0.25) is 0 Å². The minimum atomic E-state index is 0.0817. The number of ketones is 2. The van der Waals surface area contributed by atoms with E-state index >= 15 is 0 Å². The molecule has 0 bridgehead atoms. The second kappa shape index (κ2) is 3.83. The van der Waals surface area contributed by atoms with Gasteiger partial charge < -0.3 is 4.74 Å². The summed E-state index contributed by atoms with van der Waals surface area (Å²) in [5, 5.41) is 0. The number of allylic oxidation sites excluding steroid dienone is 4. The first kappa shape index (κ1) is 10.8. The standard InChI is InChI=1S/C14H16O3/c1-8-5-6-13-10(14(8)16)7-9-11(15)3-2-4-12(9)17-13/h8H,2-7H2,1H3. The fraction of sp³-hybridized carbons (Fsp3) is 0.571. The average molecular weight is 232 g/mol. The van der Waals surface area contributed by atoms with Gasteiger partial charge >= 0.3 is 0 Å². The number of hydrogen-bond acceptors (Lipinski definition) is 3. The van der Waals surface area contributed by atoms with Crippen LogP contribution in [0.1, 0.15) is 45.4 Å². The van der Waals surface area contributed by atoms with Crippen LogP contribution in [0.3, 0.4) is 0 Å². The van der Waals surface area contributed by atoms with Crippen molar-refractivity contribution in [2.45, 2.75) is 45.4 Å². The van der Waals surface area contributed by atoms with Crippen LogP contribution in [-0.2, 0) is 14.3 Å². The van der Waals surface area contributed by atoms with E-state index in [1.807, 2.05) is 6.92 Å². The van der Waals surface area contributed by atoms with Crippen LogP contribution in [0, 0.1) is 5.92 Å². The molecule has 3 heteroatoms. The van der Waals surface area contributed by atoms with E-state index in [1.165, 1.54) is 0 Å². The molecule has 0 saturated carbocycles. The van der Waals surface area contributed by atoms with E-state index in [2.05, 4.69) is 0 Å². The van der Waals surface area contributed by atoms with Gasteiger partial charge in [0.25, 0.3) is 0 Å². The predicted molar refractivity (Wildman–Crippen MR) is 62.0 cm³/mol. The highest BCUT2D eigenvalue weighted by atomic mass is 16.5. The largest absolute Gasteiger partial charge is 0.465 e. The van der Waals surface area contributed by atoms with Crippen LogP contribution in [0.4, 0.5) is 0 Å². The zero-order valence-electron chi connectivity index (χ0n) is 10.0. The maximum Gasteiger partial charge on any atom is 0.165 e. The minimum Gasteiger partial charge on any atom is -0.465 e. The summed E-state index contributed by atoms with van der Waals surface area (Å²) in [6.07, 6.45) is 4.56. The first-order valence-electron chi connectivity index (χ1n) is 6.36. The summed E-state index contributed by atoms with van der Waals surface area (Å²) in [7, 11) is 0. The van der Waals surface area contributed by atoms with Crippen LogP contribution in [-0.4, -0.2) is 11.6 Å². The van der Waals surface area contributed by atoms with E-state index in [9.17, 15) is 9.59 Å². The van der Waals surface area contributed by atoms with Crippen molar-refractivity contribution in [3.05, 3.63) is 22.7 Å². The molecule has 0 radical (unpaired) electrons. The van der Waals surface area contributed by atoms with E-state index < -0.39 is 0 Å².